The van der Waals surface area contributed by atoms with Crippen molar-refractivity contribution in [1.82, 2.24) is 30.0 Å². The molecule has 1 fully saturated rings. The molecule has 0 amide bonds. The molecule has 62 heavy (non-hydrogen) atoms. The van der Waals surface area contributed by atoms with Gasteiger partial charge in [0.1, 0.15) is 41.7 Å². The Labute approximate surface area is 363 Å². The predicted octanol–water partition coefficient (Wildman–Crippen LogP) is 8.27. The molecule has 6 aromatic rings. The van der Waals surface area contributed by atoms with Gasteiger partial charge in [0.15, 0.2) is 11.5 Å². The second-order valence-electron chi connectivity index (χ2n) is 17.6. The highest BCUT2D eigenvalue weighted by Gasteiger charge is 2.58. The Morgan fingerprint density at radius 2 is 1.31 bits per heavy atom. The average molecular weight is 837 g/mol. The number of rotatable bonds is 15. The number of aromatic nitrogens is 6. The first-order valence-corrected chi connectivity index (χ1v) is 21.2. The molecule has 4 atom stereocenters. The van der Waals surface area contributed by atoms with Crippen LogP contribution in [0.25, 0.3) is 12.2 Å². The van der Waals surface area contributed by atoms with Gasteiger partial charge >= 0.3 is 0 Å². The Morgan fingerprint density at radius 1 is 0.774 bits per heavy atom. The number of hydrogen-bond acceptors (Lipinski definition) is 10. The third-order valence-corrected chi connectivity index (χ3v) is 12.2. The maximum absolute atomic E-state index is 11.0. The summed E-state index contributed by atoms with van der Waals surface area (Å²) >= 11 is 0. The zero-order valence-electron chi connectivity index (χ0n) is 36.4. The molecule has 0 saturated heterocycles. The number of hydrogen-bond donors (Lipinski definition) is 2. The van der Waals surface area contributed by atoms with E-state index in [9.17, 15) is 10.2 Å². The molecule has 0 bridgehead atoms. The molecule has 12 nitrogen and oxygen atoms in total. The minimum absolute atomic E-state index is 0.0301. The maximum atomic E-state index is 11.0. The van der Waals surface area contributed by atoms with Gasteiger partial charge in [0.2, 0.25) is 0 Å². The van der Waals surface area contributed by atoms with Gasteiger partial charge in [-0.15, -0.1) is 10.2 Å². The lowest BCUT2D eigenvalue weighted by atomic mass is 9.57. The lowest BCUT2D eigenvalue weighted by Gasteiger charge is -2.56. The number of allylic oxidation sites excluding steroid dienone is 2. The van der Waals surface area contributed by atoms with E-state index < -0.39 is 23.2 Å². The van der Waals surface area contributed by atoms with Crippen molar-refractivity contribution in [3.63, 3.8) is 0 Å². The normalized spacial score (nSPS) is 20.2. The Balaban J connectivity index is 1.10. The summed E-state index contributed by atoms with van der Waals surface area (Å²) in [6.07, 6.45) is 9.93. The van der Waals surface area contributed by atoms with Crippen molar-refractivity contribution in [2.24, 2.45) is 11.3 Å². The first-order valence-electron chi connectivity index (χ1n) is 21.2. The Morgan fingerprint density at radius 3 is 1.84 bits per heavy atom. The molecule has 1 aliphatic heterocycles. The van der Waals surface area contributed by atoms with Crippen LogP contribution in [-0.2, 0) is 39.1 Å². The summed E-state index contributed by atoms with van der Waals surface area (Å²) in [6, 6.07) is 28.5. The Kier molecular flexibility index (Phi) is 12.3. The van der Waals surface area contributed by atoms with Crippen molar-refractivity contribution in [2.45, 2.75) is 98.0 Å². The molecule has 4 aromatic carbocycles. The number of ether oxygens (including phenoxy) is 4. The van der Waals surface area contributed by atoms with Crippen molar-refractivity contribution in [3.8, 4) is 23.0 Å². The van der Waals surface area contributed by atoms with Crippen LogP contribution in [0.15, 0.2) is 109 Å². The average Bonchev–Trinajstić information content (AvgIpc) is 3.91. The van der Waals surface area contributed by atoms with Gasteiger partial charge in [-0.1, -0.05) is 109 Å². The number of benzene rings is 4. The first-order chi connectivity index (χ1) is 29.9. The molecule has 322 valence electrons. The van der Waals surface area contributed by atoms with E-state index in [0.717, 1.165) is 33.4 Å². The molecule has 2 N–H and O–H groups in total. The summed E-state index contributed by atoms with van der Waals surface area (Å²) in [4.78, 5) is 0. The maximum Gasteiger partial charge on any atom is 0.165 e. The second-order valence-corrected chi connectivity index (χ2v) is 17.6. The van der Waals surface area contributed by atoms with Crippen molar-refractivity contribution < 1.29 is 29.2 Å². The fourth-order valence-corrected chi connectivity index (χ4v) is 8.90. The van der Waals surface area contributed by atoms with Crippen LogP contribution < -0.4 is 18.9 Å². The molecule has 2 aromatic heterocycles. The Hall–Kier alpha value is -6.24. The molecule has 8 rings (SSSR count). The van der Waals surface area contributed by atoms with E-state index in [-0.39, 0.29) is 19.1 Å². The van der Waals surface area contributed by atoms with Gasteiger partial charge in [-0.3, -0.25) is 0 Å². The summed E-state index contributed by atoms with van der Waals surface area (Å²) in [6.45, 7) is 11.8. The second kappa shape index (κ2) is 18.0. The highest BCUT2D eigenvalue weighted by atomic mass is 16.5. The van der Waals surface area contributed by atoms with Gasteiger partial charge in [-0.05, 0) is 85.7 Å². The monoisotopic (exact) mass is 836 g/mol. The first kappa shape index (κ1) is 42.5. The molecule has 0 unspecified atom stereocenters. The highest BCUT2D eigenvalue weighted by Crippen LogP contribution is 2.55. The third-order valence-electron chi connectivity index (χ3n) is 12.2. The summed E-state index contributed by atoms with van der Waals surface area (Å²) < 4.78 is 29.5. The van der Waals surface area contributed by atoms with Crippen LogP contribution in [0.1, 0.15) is 85.8 Å². The lowest BCUT2D eigenvalue weighted by molar-refractivity contribution is -0.187. The van der Waals surface area contributed by atoms with E-state index in [2.05, 4.69) is 70.9 Å². The number of aliphatic hydroxyl groups is 2. The largest absolute Gasteiger partial charge is 0.493 e. The van der Waals surface area contributed by atoms with Crippen molar-refractivity contribution in [3.05, 3.63) is 154 Å². The number of aliphatic hydroxyl groups excluding tert-OH is 2. The molecule has 0 spiro atoms. The quantitative estimate of drug-likeness (QED) is 0.0768. The fraction of sp³-hybridized carbons (Fsp3) is 0.360. The standard InChI is InChI=1S/C50H56N6O6/c1-33(2)17-20-41-43(60-31-39-29-55(53-51-39)27-34-13-9-7-10-14-34)22-37(23-44(41)61-32-40-30-56(54-52-40)28-35-15-11-8-12-16-35)19-18-36-21-38-25-46-49(3,4)48(58)42(57)26-50(46,5)62-47(38)45(24-36)59-6/h7-19,21-24,29-30,42,46,48,57-58H,20,25-28,31-32H2,1-6H3/b19-18+/t42-,46-,48-,50-/m1/s1. The molecule has 12 heteroatoms. The molecule has 2 aliphatic rings. The molecular weight excluding hydrogens is 781 g/mol. The zero-order valence-corrected chi connectivity index (χ0v) is 36.4. The van der Waals surface area contributed by atoms with Gasteiger partial charge in [0.05, 0.1) is 44.8 Å². The van der Waals surface area contributed by atoms with Crippen LogP contribution in [0.5, 0.6) is 23.0 Å². The summed E-state index contributed by atoms with van der Waals surface area (Å²) in [7, 11) is 1.64. The van der Waals surface area contributed by atoms with Gasteiger partial charge in [-0.25, -0.2) is 9.36 Å². The summed E-state index contributed by atoms with van der Waals surface area (Å²) in [5, 5.41) is 39.4. The molecular formula is C50H56N6O6. The minimum atomic E-state index is -0.876. The predicted molar refractivity (Wildman–Crippen MR) is 238 cm³/mol. The number of methoxy groups -OCH3 is 1. The van der Waals surface area contributed by atoms with E-state index in [1.165, 1.54) is 5.57 Å². The summed E-state index contributed by atoms with van der Waals surface area (Å²) in [5.41, 5.74) is 7.29. The summed E-state index contributed by atoms with van der Waals surface area (Å²) in [5.74, 6) is 2.60. The Bertz CT molecular complexity index is 2440. The van der Waals surface area contributed by atoms with E-state index in [1.54, 1.807) is 7.11 Å². The fourth-order valence-electron chi connectivity index (χ4n) is 8.90. The number of fused-ring (bicyclic) bond motifs is 2. The topological polar surface area (TPSA) is 139 Å². The van der Waals surface area contributed by atoms with Crippen LogP contribution in [0, 0.1) is 11.3 Å². The zero-order chi connectivity index (χ0) is 43.4. The van der Waals surface area contributed by atoms with Gasteiger partial charge < -0.3 is 29.2 Å². The third kappa shape index (κ3) is 9.46. The van der Waals surface area contributed by atoms with Gasteiger partial charge in [0.25, 0.3) is 0 Å². The lowest BCUT2D eigenvalue weighted by Crippen LogP contribution is -2.63. The van der Waals surface area contributed by atoms with Gasteiger partial charge in [-0.2, -0.15) is 0 Å². The van der Waals surface area contributed by atoms with Crippen LogP contribution in [-0.4, -0.2) is 65.1 Å². The van der Waals surface area contributed by atoms with Crippen LogP contribution >= 0.6 is 0 Å². The van der Waals surface area contributed by atoms with Crippen molar-refractivity contribution in [1.29, 1.82) is 0 Å². The van der Waals surface area contributed by atoms with Crippen molar-refractivity contribution >= 4 is 12.2 Å². The van der Waals surface area contributed by atoms with E-state index >= 15 is 0 Å². The van der Waals surface area contributed by atoms with Gasteiger partial charge in [0, 0.05) is 23.3 Å². The van der Waals surface area contributed by atoms with E-state index in [1.807, 2.05) is 109 Å². The van der Waals surface area contributed by atoms with E-state index in [0.29, 0.717) is 66.7 Å². The molecule has 3 heterocycles. The molecule has 1 saturated carbocycles. The minimum Gasteiger partial charge on any atom is -0.493 e. The van der Waals surface area contributed by atoms with E-state index in [4.69, 9.17) is 18.9 Å². The van der Waals surface area contributed by atoms with Crippen LogP contribution in [0.2, 0.25) is 0 Å². The molecule has 0 radical (unpaired) electrons. The SMILES string of the molecule is COc1cc(/C=C/c2cc(OCc3cn(Cc4ccccc4)nn3)c(CC=C(C)C)c(OCc3cn(Cc4ccccc4)nn3)c2)cc2c1O[C@]1(C)C[C@@H](O)[C@@H](O)C(C)(C)[C@H]1C2. The highest BCUT2D eigenvalue weighted by molar-refractivity contribution is 5.74. The number of nitrogens with zero attached hydrogens (tertiary/aromatic N) is 6. The smallest absolute Gasteiger partial charge is 0.165 e. The molecule has 1 aliphatic carbocycles. The van der Waals surface area contributed by atoms with Crippen LogP contribution in [0.4, 0.5) is 0 Å². The van der Waals surface area contributed by atoms with Crippen molar-refractivity contribution in [2.75, 3.05) is 7.11 Å². The van der Waals surface area contributed by atoms with Crippen LogP contribution in [0.3, 0.4) is 0 Å².